The van der Waals surface area contributed by atoms with E-state index in [1.54, 1.807) is 0 Å². The van der Waals surface area contributed by atoms with Crippen LogP contribution in [0.1, 0.15) is 0 Å². The van der Waals surface area contributed by atoms with Gasteiger partial charge in [-0.15, -0.1) is 0 Å². The fraction of sp³-hybridized carbons (Fsp3) is 0. The molecule has 0 N–H and O–H groups in total. The smallest absolute Gasteiger partial charge is 2.00 e. The third-order valence-electron chi connectivity index (χ3n) is 0. The molecular weight excluding hydrogens is 398 g/mol. The average Bonchev–Trinajstić information content (AvgIpc) is 1.25. The van der Waals surface area contributed by atoms with Crippen LogP contribution in [-0.4, -0.2) is 46.1 Å². The summed E-state index contributed by atoms with van der Waals surface area (Å²) < 4.78 is 51.2. The Bertz CT molecular complexity index is 71.0. The first kappa shape index (κ1) is 22.6. The predicted octanol–water partition coefficient (Wildman–Crippen LogP) is -6.14. The molecule has 56 valence electrons. The second kappa shape index (κ2) is 16.9. The molecule has 0 rings (SSSR count). The van der Waals surface area contributed by atoms with Crippen LogP contribution in [0.3, 0.4) is 0 Å². The van der Waals surface area contributed by atoms with Crippen molar-refractivity contribution in [2.75, 3.05) is 0 Å². The summed E-state index contributed by atoms with van der Waals surface area (Å²) >= 11 is -7.58. The van der Waals surface area contributed by atoms with Crippen LogP contribution >= 0.6 is 0 Å². The zero-order valence-electron chi connectivity index (χ0n) is 4.38. The first-order chi connectivity index (χ1) is 3.46. The Kier molecular flexibility index (Phi) is 38.2. The number of rotatable bonds is 0. The molecule has 0 aliphatic heterocycles. The van der Waals surface area contributed by atoms with Crippen molar-refractivity contribution < 1.29 is 43.9 Å². The van der Waals surface area contributed by atoms with Gasteiger partial charge in [-0.1, -0.05) is 0 Å². The minimum absolute atomic E-state index is 0. The van der Waals surface area contributed by atoms with Crippen molar-refractivity contribution in [3.05, 3.63) is 0 Å². The van der Waals surface area contributed by atoms with Gasteiger partial charge < -0.3 is 0 Å². The molecule has 0 bridgehead atoms. The summed E-state index contributed by atoms with van der Waals surface area (Å²) in [7, 11) is 0. The van der Waals surface area contributed by atoms with Crippen LogP contribution in [0.15, 0.2) is 0 Å². The third-order valence-corrected chi connectivity index (χ3v) is 0. The van der Waals surface area contributed by atoms with Crippen molar-refractivity contribution in [1.29, 1.82) is 0 Å². The maximum Gasteiger partial charge on any atom is 2.00 e. The largest absolute Gasteiger partial charge is 2.00 e. The van der Waals surface area contributed by atoms with Gasteiger partial charge in [0.1, 0.15) is 0 Å². The van der Waals surface area contributed by atoms with E-state index in [4.69, 9.17) is 24.4 Å². The minimum atomic E-state index is -3.79. The SMILES string of the molecule is O=[Se]([O-])[O-].O=[Se]([O-])[O-].[Se+2].[Zn+2]. The Hall–Kier alpha value is 1.62. The van der Waals surface area contributed by atoms with Crippen LogP contribution in [-0.2, 0) is 27.1 Å². The topological polar surface area (TPSA) is 126 Å². The number of hydrogen-bond acceptors (Lipinski definition) is 6. The van der Waals surface area contributed by atoms with E-state index in [-0.39, 0.29) is 36.5 Å². The average molecular weight is 398 g/mol. The first-order valence-electron chi connectivity index (χ1n) is 1.00. The molecule has 0 aromatic carbocycles. The Morgan fingerprint density at radius 3 is 0.800 bits per heavy atom. The maximum atomic E-state index is 8.54. The molecule has 0 aliphatic rings. The first-order valence-corrected chi connectivity index (χ1v) is 5.20. The van der Waals surface area contributed by atoms with E-state index in [2.05, 4.69) is 0 Å². The van der Waals surface area contributed by atoms with Crippen LogP contribution < -0.4 is 16.8 Å². The molecule has 0 heterocycles. The monoisotopic (exact) mass is 400 g/mol. The molecule has 0 spiro atoms. The Morgan fingerprint density at radius 2 is 0.800 bits per heavy atom. The molecule has 0 atom stereocenters. The van der Waals surface area contributed by atoms with Gasteiger partial charge in [-0.2, -0.15) is 0 Å². The van der Waals surface area contributed by atoms with Gasteiger partial charge >= 0.3 is 90.0 Å². The summed E-state index contributed by atoms with van der Waals surface area (Å²) in [6, 6.07) is 0. The molecular formula is O6Se3Zn. The summed E-state index contributed by atoms with van der Waals surface area (Å²) in [5.41, 5.74) is 0. The maximum absolute atomic E-state index is 8.54. The molecule has 0 amide bonds. The van der Waals surface area contributed by atoms with Crippen LogP contribution in [0.25, 0.3) is 0 Å². The van der Waals surface area contributed by atoms with Gasteiger partial charge in [-0.3, -0.25) is 0 Å². The molecule has 10 heteroatoms. The fourth-order valence-electron chi connectivity index (χ4n) is 0. The molecule has 10 heavy (non-hydrogen) atoms. The van der Waals surface area contributed by atoms with Crippen molar-refractivity contribution in [3.8, 4) is 0 Å². The van der Waals surface area contributed by atoms with Crippen molar-refractivity contribution in [2.24, 2.45) is 0 Å². The Labute approximate surface area is 89.3 Å². The van der Waals surface area contributed by atoms with Crippen molar-refractivity contribution in [3.63, 3.8) is 0 Å². The van der Waals surface area contributed by atoms with E-state index in [9.17, 15) is 0 Å². The molecule has 4 radical (unpaired) electrons. The fourth-order valence-corrected chi connectivity index (χ4v) is 0. The Morgan fingerprint density at radius 1 is 0.800 bits per heavy atom. The van der Waals surface area contributed by atoms with Crippen molar-refractivity contribution in [1.82, 2.24) is 0 Å². The predicted molar refractivity (Wildman–Crippen MR) is 18.6 cm³/mol. The molecule has 0 saturated heterocycles. The van der Waals surface area contributed by atoms with E-state index in [1.165, 1.54) is 0 Å². The summed E-state index contributed by atoms with van der Waals surface area (Å²) in [4.78, 5) is 0. The van der Waals surface area contributed by atoms with E-state index >= 15 is 0 Å². The van der Waals surface area contributed by atoms with E-state index in [0.29, 0.717) is 0 Å². The van der Waals surface area contributed by atoms with E-state index in [1.807, 2.05) is 0 Å². The summed E-state index contributed by atoms with van der Waals surface area (Å²) in [5, 5.41) is 0. The molecule has 0 aromatic heterocycles. The Balaban J connectivity index is -0.0000000300. The second-order valence-corrected chi connectivity index (χ2v) is 2.12. The van der Waals surface area contributed by atoms with Crippen LogP contribution in [0, 0.1) is 0 Å². The summed E-state index contributed by atoms with van der Waals surface area (Å²) in [6.07, 6.45) is 0. The zero-order chi connectivity index (χ0) is 7.15. The summed E-state index contributed by atoms with van der Waals surface area (Å²) in [5.74, 6) is 0. The quantitative estimate of drug-likeness (QED) is 0.374. The van der Waals surface area contributed by atoms with Gasteiger partial charge in [-0.25, -0.2) is 0 Å². The van der Waals surface area contributed by atoms with E-state index < -0.39 is 29.0 Å². The zero-order valence-corrected chi connectivity index (χ0v) is 12.5. The summed E-state index contributed by atoms with van der Waals surface area (Å²) in [6.45, 7) is 0. The van der Waals surface area contributed by atoms with E-state index in [0.717, 1.165) is 0 Å². The van der Waals surface area contributed by atoms with Gasteiger partial charge in [0.2, 0.25) is 0 Å². The van der Waals surface area contributed by atoms with Gasteiger partial charge in [-0.05, 0) is 0 Å². The minimum Gasteiger partial charge on any atom is 2.00 e. The van der Waals surface area contributed by atoms with Crippen molar-refractivity contribution >= 4 is 46.1 Å². The van der Waals surface area contributed by atoms with Crippen molar-refractivity contribution in [2.45, 2.75) is 0 Å². The van der Waals surface area contributed by atoms with Crippen LogP contribution in [0.2, 0.25) is 0 Å². The molecule has 0 fully saturated rings. The molecule has 6 nitrogen and oxygen atoms in total. The van der Waals surface area contributed by atoms with Gasteiger partial charge in [0, 0.05) is 0 Å². The molecule has 0 saturated carbocycles. The van der Waals surface area contributed by atoms with Gasteiger partial charge in [0.25, 0.3) is 0 Å². The van der Waals surface area contributed by atoms with Crippen LogP contribution in [0.5, 0.6) is 0 Å². The molecule has 0 aromatic rings. The second-order valence-electron chi connectivity index (χ2n) is 0.408. The number of hydrogen-bond donors (Lipinski definition) is 0. The molecule has 0 aliphatic carbocycles. The third kappa shape index (κ3) is 272. The van der Waals surface area contributed by atoms with Gasteiger partial charge in [0.05, 0.1) is 0 Å². The standard InChI is InChI=1S/2H2O3Se.Se.Zn/c2*1-4(2)3;;/h2*(H2,1,2,3);;/q;;2*+2/p-4. The van der Waals surface area contributed by atoms with Gasteiger partial charge in [0.15, 0.2) is 0 Å². The van der Waals surface area contributed by atoms with Crippen LogP contribution in [0.4, 0.5) is 0 Å². The normalized spacial score (nSPS) is 7.00. The molecule has 0 unspecified atom stereocenters.